The molecule has 0 radical (unpaired) electrons. The summed E-state index contributed by atoms with van der Waals surface area (Å²) in [6.45, 7) is 15.6. The van der Waals surface area contributed by atoms with Crippen molar-refractivity contribution in [1.29, 1.82) is 0 Å². The fraction of sp³-hybridized carbons (Fsp3) is 0.692. The number of hydrogen-bond acceptors (Lipinski definition) is 1. The van der Waals surface area contributed by atoms with E-state index in [4.69, 9.17) is 16.0 Å². The number of hydrogen-bond donors (Lipinski definition) is 0. The topological polar surface area (TPSA) is 9.23 Å². The second-order valence-corrected chi connectivity index (χ2v) is 11.9. The van der Waals surface area contributed by atoms with Crippen molar-refractivity contribution in [2.45, 2.75) is 51.7 Å². The Balaban J connectivity index is 4.25. The predicted molar refractivity (Wildman–Crippen MR) is 84.4 cm³/mol. The number of allylic oxidation sites excluding steroid dienone is 2. The third-order valence-electron chi connectivity index (χ3n) is 3.21. The minimum absolute atomic E-state index is 0.252. The molecular weight excluding hydrogens is 316 g/mol. The second-order valence-electron chi connectivity index (χ2n) is 5.66. The van der Waals surface area contributed by atoms with Crippen molar-refractivity contribution in [3.05, 3.63) is 22.2 Å². The molecule has 4 heteroatoms. The van der Waals surface area contributed by atoms with Gasteiger partial charge in [-0.1, -0.05) is 54.4 Å². The van der Waals surface area contributed by atoms with Gasteiger partial charge in [-0.15, -0.1) is 6.58 Å². The van der Waals surface area contributed by atoms with Crippen LogP contribution in [0.2, 0.25) is 18.1 Å². The molecule has 0 aromatic rings. The average molecular weight is 340 g/mol. The Hall–Kier alpha value is 0.427. The maximum absolute atomic E-state index is 6.17. The molecule has 0 N–H and O–H groups in total. The van der Waals surface area contributed by atoms with Crippen LogP contribution in [0.1, 0.15) is 33.6 Å². The first-order chi connectivity index (χ1) is 7.62. The summed E-state index contributed by atoms with van der Waals surface area (Å²) in [6, 6.07) is 0. The summed E-state index contributed by atoms with van der Waals surface area (Å²) in [5, 5.41) is 1.09. The molecule has 0 aromatic carbocycles. The van der Waals surface area contributed by atoms with Crippen LogP contribution < -0.4 is 0 Å². The van der Waals surface area contributed by atoms with Gasteiger partial charge < -0.3 is 4.43 Å². The molecule has 0 fully saturated rings. The molecule has 0 saturated carbocycles. The van der Waals surface area contributed by atoms with E-state index in [0.29, 0.717) is 6.61 Å². The van der Waals surface area contributed by atoms with Crippen molar-refractivity contribution in [2.24, 2.45) is 0 Å². The van der Waals surface area contributed by atoms with Gasteiger partial charge in [-0.05, 0) is 24.6 Å². The number of rotatable bonds is 6. The SMILES string of the molecule is C=CC/C(Br)=C(\Cl)CCO[Si](C)(C)C(C)(C)C. The van der Waals surface area contributed by atoms with Crippen LogP contribution in [0, 0.1) is 0 Å². The molecule has 100 valence electrons. The van der Waals surface area contributed by atoms with Crippen molar-refractivity contribution in [2.75, 3.05) is 6.61 Å². The highest BCUT2D eigenvalue weighted by Gasteiger charge is 2.36. The van der Waals surface area contributed by atoms with Gasteiger partial charge in [-0.2, -0.15) is 0 Å². The van der Waals surface area contributed by atoms with Crippen LogP contribution in [0.5, 0.6) is 0 Å². The molecular formula is C13H24BrClOSi. The van der Waals surface area contributed by atoms with Gasteiger partial charge in [-0.3, -0.25) is 0 Å². The minimum Gasteiger partial charge on any atom is -0.416 e. The van der Waals surface area contributed by atoms with E-state index in [0.717, 1.165) is 22.4 Å². The van der Waals surface area contributed by atoms with Gasteiger partial charge in [0.05, 0.1) is 0 Å². The Morgan fingerprint density at radius 3 is 2.35 bits per heavy atom. The van der Waals surface area contributed by atoms with Crippen molar-refractivity contribution >= 4 is 35.8 Å². The summed E-state index contributed by atoms with van der Waals surface area (Å²) in [5.74, 6) is 0. The number of halogens is 2. The van der Waals surface area contributed by atoms with Gasteiger partial charge in [0.1, 0.15) is 0 Å². The summed E-state index contributed by atoms with van der Waals surface area (Å²) >= 11 is 9.63. The Bertz CT molecular complexity index is 292. The lowest BCUT2D eigenvalue weighted by atomic mass is 10.2. The van der Waals surface area contributed by atoms with Gasteiger partial charge in [0.15, 0.2) is 8.32 Å². The van der Waals surface area contributed by atoms with Crippen molar-refractivity contribution in [3.63, 3.8) is 0 Å². The molecule has 0 saturated heterocycles. The van der Waals surface area contributed by atoms with Crippen molar-refractivity contribution in [1.82, 2.24) is 0 Å². The highest BCUT2D eigenvalue weighted by molar-refractivity contribution is 9.11. The predicted octanol–water partition coefficient (Wildman–Crippen LogP) is 5.82. The van der Waals surface area contributed by atoms with E-state index in [2.05, 4.69) is 56.4 Å². The van der Waals surface area contributed by atoms with Crippen LogP contribution in [0.3, 0.4) is 0 Å². The zero-order valence-electron chi connectivity index (χ0n) is 11.6. The Morgan fingerprint density at radius 1 is 1.41 bits per heavy atom. The maximum atomic E-state index is 6.17. The zero-order valence-corrected chi connectivity index (χ0v) is 14.9. The van der Waals surface area contributed by atoms with Crippen molar-refractivity contribution < 1.29 is 4.43 Å². The summed E-state index contributed by atoms with van der Waals surface area (Å²) in [6.07, 6.45) is 3.38. The van der Waals surface area contributed by atoms with Gasteiger partial charge >= 0.3 is 0 Å². The lowest BCUT2D eigenvalue weighted by molar-refractivity contribution is 0.293. The summed E-state index contributed by atoms with van der Waals surface area (Å²) < 4.78 is 7.07. The summed E-state index contributed by atoms with van der Waals surface area (Å²) in [5.41, 5.74) is 0. The van der Waals surface area contributed by atoms with Crippen LogP contribution in [-0.4, -0.2) is 14.9 Å². The molecule has 0 spiro atoms. The molecule has 0 rings (SSSR count). The third-order valence-corrected chi connectivity index (χ3v) is 9.19. The Labute approximate surface area is 121 Å². The lowest BCUT2D eigenvalue weighted by Gasteiger charge is -2.36. The molecule has 0 aliphatic rings. The van der Waals surface area contributed by atoms with Crippen LogP contribution in [-0.2, 0) is 4.43 Å². The van der Waals surface area contributed by atoms with E-state index in [1.807, 2.05) is 6.08 Å². The first kappa shape index (κ1) is 17.4. The largest absolute Gasteiger partial charge is 0.416 e. The molecule has 0 bridgehead atoms. The Morgan fingerprint density at radius 2 is 1.94 bits per heavy atom. The van der Waals surface area contributed by atoms with Crippen LogP contribution in [0.4, 0.5) is 0 Å². The van der Waals surface area contributed by atoms with Crippen LogP contribution in [0.15, 0.2) is 22.2 Å². The highest BCUT2D eigenvalue weighted by Crippen LogP contribution is 2.36. The first-order valence-corrected chi connectivity index (χ1v) is 9.97. The molecule has 0 unspecified atom stereocenters. The molecule has 0 aliphatic heterocycles. The minimum atomic E-state index is -1.64. The smallest absolute Gasteiger partial charge is 0.191 e. The van der Waals surface area contributed by atoms with E-state index in [1.54, 1.807) is 0 Å². The third kappa shape index (κ3) is 6.23. The quantitative estimate of drug-likeness (QED) is 0.437. The van der Waals surface area contributed by atoms with E-state index < -0.39 is 8.32 Å². The van der Waals surface area contributed by atoms with Gasteiger partial charge in [0, 0.05) is 22.5 Å². The molecule has 0 amide bonds. The van der Waals surface area contributed by atoms with Gasteiger partial charge in [-0.25, -0.2) is 0 Å². The van der Waals surface area contributed by atoms with Gasteiger partial charge in [0.25, 0.3) is 0 Å². The van der Waals surface area contributed by atoms with E-state index in [-0.39, 0.29) is 5.04 Å². The molecule has 0 aromatic heterocycles. The highest BCUT2D eigenvalue weighted by atomic mass is 79.9. The monoisotopic (exact) mass is 338 g/mol. The fourth-order valence-electron chi connectivity index (χ4n) is 0.985. The summed E-state index contributed by atoms with van der Waals surface area (Å²) in [4.78, 5) is 0. The van der Waals surface area contributed by atoms with Crippen LogP contribution >= 0.6 is 27.5 Å². The first-order valence-electron chi connectivity index (χ1n) is 5.89. The normalized spacial score (nSPS) is 14.5. The molecule has 1 nitrogen and oxygen atoms in total. The fourth-order valence-corrected chi connectivity index (χ4v) is 2.61. The second kappa shape index (κ2) is 7.12. The summed E-state index contributed by atoms with van der Waals surface area (Å²) in [7, 11) is -1.64. The van der Waals surface area contributed by atoms with Gasteiger partial charge in [0.2, 0.25) is 0 Å². The molecule has 0 atom stereocenters. The lowest BCUT2D eigenvalue weighted by Crippen LogP contribution is -2.40. The van der Waals surface area contributed by atoms with E-state index in [1.165, 1.54) is 0 Å². The van der Waals surface area contributed by atoms with E-state index >= 15 is 0 Å². The standard InChI is InChI=1S/C13H24BrClOSi/c1-7-8-11(14)12(15)9-10-16-17(5,6)13(2,3)4/h7H,1,8-10H2,2-6H3/b12-11+. The van der Waals surface area contributed by atoms with Crippen molar-refractivity contribution in [3.8, 4) is 0 Å². The maximum Gasteiger partial charge on any atom is 0.191 e. The molecule has 17 heavy (non-hydrogen) atoms. The van der Waals surface area contributed by atoms with E-state index in [9.17, 15) is 0 Å². The molecule has 0 heterocycles. The van der Waals surface area contributed by atoms with Crippen LogP contribution in [0.25, 0.3) is 0 Å². The average Bonchev–Trinajstić information content (AvgIpc) is 2.15. The molecule has 0 aliphatic carbocycles. The zero-order chi connectivity index (χ0) is 13.7. The Kier molecular flexibility index (Phi) is 7.30.